The molecule has 0 aliphatic carbocycles. The molecule has 1 saturated heterocycles. The fourth-order valence-corrected chi connectivity index (χ4v) is 3.19. The highest BCUT2D eigenvalue weighted by molar-refractivity contribution is 7.80. The van der Waals surface area contributed by atoms with Crippen molar-refractivity contribution in [3.8, 4) is 0 Å². The van der Waals surface area contributed by atoms with Crippen molar-refractivity contribution in [3.63, 3.8) is 0 Å². The van der Waals surface area contributed by atoms with Gasteiger partial charge in [-0.3, -0.25) is 4.90 Å². The molecule has 5 nitrogen and oxygen atoms in total. The number of hydrogen-bond donors (Lipinski definition) is 3. The first-order chi connectivity index (χ1) is 9.51. The van der Waals surface area contributed by atoms with Gasteiger partial charge in [-0.05, 0) is 45.8 Å². The Balaban J connectivity index is 2.15. The molecule has 1 aliphatic rings. The third kappa shape index (κ3) is 5.04. The second kappa shape index (κ2) is 9.04. The van der Waals surface area contributed by atoms with E-state index in [4.69, 9.17) is 12.2 Å². The average Bonchev–Trinajstić information content (AvgIpc) is 2.65. The van der Waals surface area contributed by atoms with E-state index in [1.54, 1.807) is 0 Å². The summed E-state index contributed by atoms with van der Waals surface area (Å²) in [5, 5.41) is 6.31. The van der Waals surface area contributed by atoms with Crippen LogP contribution in [0.1, 0.15) is 33.6 Å². The summed E-state index contributed by atoms with van der Waals surface area (Å²) in [4.78, 5) is 4.52. The highest BCUT2D eigenvalue weighted by atomic mass is 32.1. The van der Waals surface area contributed by atoms with Crippen molar-refractivity contribution in [2.75, 3.05) is 33.2 Å². The lowest BCUT2D eigenvalue weighted by molar-refractivity contribution is 0.158. The fourth-order valence-electron chi connectivity index (χ4n) is 2.34. The van der Waals surface area contributed by atoms with Gasteiger partial charge in [-0.15, -0.1) is 12.6 Å². The molecule has 0 spiro atoms. The summed E-state index contributed by atoms with van der Waals surface area (Å²) in [6, 6.07) is 0. The van der Waals surface area contributed by atoms with Crippen molar-refractivity contribution in [3.05, 3.63) is 0 Å². The van der Waals surface area contributed by atoms with Crippen molar-refractivity contribution in [1.82, 2.24) is 25.6 Å². The van der Waals surface area contributed by atoms with Crippen LogP contribution in [0.3, 0.4) is 0 Å². The minimum absolute atomic E-state index is 0.125. The zero-order valence-electron chi connectivity index (χ0n) is 13.1. The summed E-state index contributed by atoms with van der Waals surface area (Å²) in [7, 11) is 2.05. The molecular weight excluding hydrogens is 290 g/mol. The monoisotopic (exact) mass is 319 g/mol. The van der Waals surface area contributed by atoms with Crippen molar-refractivity contribution in [2.45, 2.75) is 45.3 Å². The standard InChI is InChI=1S/C13H29N5S2/c1-5-17(6-2)12(19)14-9-7-8-10-18-11(3)16(4)15-13(18)20/h11,13,15,20H,5-10H2,1-4H3,(H,14,19). The van der Waals surface area contributed by atoms with Gasteiger partial charge in [0.05, 0.1) is 6.17 Å². The van der Waals surface area contributed by atoms with E-state index in [-0.39, 0.29) is 5.50 Å². The van der Waals surface area contributed by atoms with E-state index in [2.05, 4.69) is 66.0 Å². The Kier molecular flexibility index (Phi) is 8.13. The predicted molar refractivity (Wildman–Crippen MR) is 92.6 cm³/mol. The summed E-state index contributed by atoms with van der Waals surface area (Å²) in [6.07, 6.45) is 2.65. The fraction of sp³-hybridized carbons (Fsp3) is 0.923. The van der Waals surface area contributed by atoms with Gasteiger partial charge < -0.3 is 10.2 Å². The molecule has 0 radical (unpaired) electrons. The van der Waals surface area contributed by atoms with Gasteiger partial charge in [0.1, 0.15) is 5.50 Å². The topological polar surface area (TPSA) is 33.8 Å². The Morgan fingerprint density at radius 3 is 2.50 bits per heavy atom. The maximum absolute atomic E-state index is 5.36. The van der Waals surface area contributed by atoms with Gasteiger partial charge in [0.15, 0.2) is 5.11 Å². The third-order valence-electron chi connectivity index (χ3n) is 3.84. The lowest BCUT2D eigenvalue weighted by Crippen LogP contribution is -2.40. The van der Waals surface area contributed by atoms with Crippen molar-refractivity contribution < 1.29 is 0 Å². The Morgan fingerprint density at radius 1 is 1.35 bits per heavy atom. The van der Waals surface area contributed by atoms with E-state index in [1.165, 1.54) is 0 Å². The number of thiocarbonyl (C=S) groups is 1. The highest BCUT2D eigenvalue weighted by Crippen LogP contribution is 2.17. The van der Waals surface area contributed by atoms with Gasteiger partial charge in [0.2, 0.25) is 0 Å². The third-order valence-corrected chi connectivity index (χ3v) is 4.66. The molecule has 2 atom stereocenters. The number of thiol groups is 1. The molecule has 7 heteroatoms. The van der Waals surface area contributed by atoms with E-state index in [9.17, 15) is 0 Å². The van der Waals surface area contributed by atoms with Crippen LogP contribution in [0.15, 0.2) is 0 Å². The molecule has 118 valence electrons. The van der Waals surface area contributed by atoms with Crippen molar-refractivity contribution >= 4 is 30.0 Å². The van der Waals surface area contributed by atoms with Crippen LogP contribution >= 0.6 is 24.8 Å². The van der Waals surface area contributed by atoms with Crippen LogP contribution in [-0.2, 0) is 0 Å². The first-order valence-corrected chi connectivity index (χ1v) is 8.39. The lowest BCUT2D eigenvalue weighted by Gasteiger charge is -2.25. The van der Waals surface area contributed by atoms with Crippen LogP contribution in [0.2, 0.25) is 0 Å². The molecule has 0 aromatic heterocycles. The number of nitrogens with zero attached hydrogens (tertiary/aromatic N) is 3. The molecule has 2 unspecified atom stereocenters. The summed E-state index contributed by atoms with van der Waals surface area (Å²) >= 11 is 9.90. The molecule has 1 fully saturated rings. The van der Waals surface area contributed by atoms with E-state index in [0.717, 1.165) is 44.1 Å². The lowest BCUT2D eigenvalue weighted by atomic mass is 10.3. The van der Waals surface area contributed by atoms with Crippen LogP contribution in [0.4, 0.5) is 0 Å². The minimum atomic E-state index is 0.125. The Morgan fingerprint density at radius 2 is 2.00 bits per heavy atom. The zero-order valence-corrected chi connectivity index (χ0v) is 14.8. The molecule has 1 aliphatic heterocycles. The first kappa shape index (κ1) is 18.0. The van der Waals surface area contributed by atoms with Gasteiger partial charge in [0, 0.05) is 33.2 Å². The largest absolute Gasteiger partial charge is 0.363 e. The second-order valence-corrected chi connectivity index (χ2v) is 5.97. The maximum Gasteiger partial charge on any atom is 0.168 e. The van der Waals surface area contributed by atoms with Gasteiger partial charge in [-0.1, -0.05) is 0 Å². The first-order valence-electron chi connectivity index (χ1n) is 7.46. The van der Waals surface area contributed by atoms with E-state index >= 15 is 0 Å². The molecule has 20 heavy (non-hydrogen) atoms. The van der Waals surface area contributed by atoms with E-state index in [0.29, 0.717) is 6.17 Å². The number of hydrazine groups is 1. The van der Waals surface area contributed by atoms with Gasteiger partial charge >= 0.3 is 0 Å². The number of unbranched alkanes of at least 4 members (excludes halogenated alkanes) is 1. The molecule has 0 aromatic carbocycles. The predicted octanol–water partition coefficient (Wildman–Crippen LogP) is 1.29. The van der Waals surface area contributed by atoms with Crippen LogP contribution in [0.5, 0.6) is 0 Å². The van der Waals surface area contributed by atoms with E-state index in [1.807, 2.05) is 0 Å². The quantitative estimate of drug-likeness (QED) is 0.373. The summed E-state index contributed by atoms with van der Waals surface area (Å²) in [5.41, 5.74) is 3.41. The summed E-state index contributed by atoms with van der Waals surface area (Å²) < 4.78 is 0. The Labute approximate surface area is 134 Å². The normalized spacial score (nSPS) is 24.1. The molecule has 0 bridgehead atoms. The molecule has 1 rings (SSSR count). The summed E-state index contributed by atoms with van der Waals surface area (Å²) in [5.74, 6) is 0. The molecule has 0 aromatic rings. The molecule has 0 amide bonds. The van der Waals surface area contributed by atoms with Crippen LogP contribution in [0, 0.1) is 0 Å². The van der Waals surface area contributed by atoms with Crippen molar-refractivity contribution in [2.24, 2.45) is 0 Å². The van der Waals surface area contributed by atoms with Gasteiger partial charge in [-0.25, -0.2) is 10.4 Å². The second-order valence-electron chi connectivity index (χ2n) is 5.09. The van der Waals surface area contributed by atoms with Crippen molar-refractivity contribution in [1.29, 1.82) is 0 Å². The molecule has 2 N–H and O–H groups in total. The number of nitrogens with one attached hydrogen (secondary N) is 2. The SMILES string of the molecule is CCN(CC)C(=S)NCCCCN1C(S)NN(C)C1C. The van der Waals surface area contributed by atoms with Crippen LogP contribution < -0.4 is 10.7 Å². The molecular formula is C13H29N5S2. The van der Waals surface area contributed by atoms with Crippen LogP contribution in [0.25, 0.3) is 0 Å². The smallest absolute Gasteiger partial charge is 0.168 e. The van der Waals surface area contributed by atoms with E-state index < -0.39 is 0 Å². The van der Waals surface area contributed by atoms with Gasteiger partial charge in [-0.2, -0.15) is 0 Å². The number of rotatable bonds is 7. The Hall–Kier alpha value is -0.0800. The maximum atomic E-state index is 5.36. The summed E-state index contributed by atoms with van der Waals surface area (Å²) in [6.45, 7) is 10.4. The Bertz CT molecular complexity index is 298. The van der Waals surface area contributed by atoms with Crippen LogP contribution in [-0.4, -0.2) is 64.8 Å². The van der Waals surface area contributed by atoms with Gasteiger partial charge in [0.25, 0.3) is 0 Å². The zero-order chi connectivity index (χ0) is 15.1. The highest BCUT2D eigenvalue weighted by Gasteiger charge is 2.31. The molecule has 0 saturated carbocycles. The minimum Gasteiger partial charge on any atom is -0.363 e. The number of hydrogen-bond acceptors (Lipinski definition) is 5. The average molecular weight is 320 g/mol. The molecule has 1 heterocycles.